The summed E-state index contributed by atoms with van der Waals surface area (Å²) in [6.45, 7) is 0.266. The molecule has 0 bridgehead atoms. The monoisotopic (exact) mass is 306 g/mol. The molecule has 1 aromatic heterocycles. The Kier molecular flexibility index (Phi) is 4.51. The summed E-state index contributed by atoms with van der Waals surface area (Å²) in [6, 6.07) is 8.94. The van der Waals surface area contributed by atoms with Crippen molar-refractivity contribution in [1.29, 1.82) is 0 Å². The minimum Gasteiger partial charge on any atom is -0.334 e. The van der Waals surface area contributed by atoms with E-state index in [0.717, 1.165) is 5.56 Å². The van der Waals surface area contributed by atoms with Crippen LogP contribution in [0.3, 0.4) is 0 Å². The number of anilines is 1. The van der Waals surface area contributed by atoms with Gasteiger partial charge in [-0.2, -0.15) is 0 Å². The summed E-state index contributed by atoms with van der Waals surface area (Å²) in [5.74, 6) is 0. The highest BCUT2D eigenvalue weighted by molar-refractivity contribution is 7.89. The summed E-state index contributed by atoms with van der Waals surface area (Å²) in [5.41, 5.74) is 1.39. The van der Waals surface area contributed by atoms with E-state index in [1.807, 2.05) is 0 Å². The summed E-state index contributed by atoms with van der Waals surface area (Å²) in [6.07, 6.45) is 3.14. The molecule has 1 heterocycles. The molecule has 0 saturated heterocycles. The number of carbonyl (C=O) groups excluding carboxylic acids is 1. The Morgan fingerprint density at radius 3 is 2.29 bits per heavy atom. The van der Waals surface area contributed by atoms with Crippen LogP contribution in [0.4, 0.5) is 10.5 Å². The maximum Gasteiger partial charge on any atom is 0.319 e. The van der Waals surface area contributed by atoms with E-state index in [2.05, 4.69) is 15.6 Å². The lowest BCUT2D eigenvalue weighted by atomic mass is 10.2. The van der Waals surface area contributed by atoms with Crippen LogP contribution in [-0.2, 0) is 16.6 Å². The number of primary sulfonamides is 1. The average molecular weight is 306 g/mol. The number of hydrogen-bond donors (Lipinski definition) is 3. The van der Waals surface area contributed by atoms with Crippen LogP contribution >= 0.6 is 0 Å². The summed E-state index contributed by atoms with van der Waals surface area (Å²) in [7, 11) is -3.70. The Morgan fingerprint density at radius 2 is 1.71 bits per heavy atom. The molecule has 1 aromatic carbocycles. The predicted molar refractivity (Wildman–Crippen MR) is 77.9 cm³/mol. The first-order valence-corrected chi connectivity index (χ1v) is 7.56. The van der Waals surface area contributed by atoms with Crippen molar-refractivity contribution in [1.82, 2.24) is 10.3 Å². The van der Waals surface area contributed by atoms with Crippen LogP contribution in [0.25, 0.3) is 0 Å². The second kappa shape index (κ2) is 6.33. The smallest absolute Gasteiger partial charge is 0.319 e. The Bertz CT molecular complexity index is 715. The second-order valence-corrected chi connectivity index (χ2v) is 5.79. The molecule has 110 valence electrons. The van der Waals surface area contributed by atoms with Gasteiger partial charge in [0.2, 0.25) is 10.0 Å². The summed E-state index contributed by atoms with van der Waals surface area (Å²) in [4.78, 5) is 15.5. The van der Waals surface area contributed by atoms with E-state index in [9.17, 15) is 13.2 Å². The van der Waals surface area contributed by atoms with Gasteiger partial charge in [0.15, 0.2) is 0 Å². The van der Waals surface area contributed by atoms with Crippen molar-refractivity contribution in [3.63, 3.8) is 0 Å². The van der Waals surface area contributed by atoms with Gasteiger partial charge in [-0.1, -0.05) is 12.1 Å². The molecular weight excluding hydrogens is 292 g/mol. The van der Waals surface area contributed by atoms with Crippen molar-refractivity contribution < 1.29 is 13.2 Å². The number of sulfonamides is 1. The van der Waals surface area contributed by atoms with E-state index in [1.165, 1.54) is 12.1 Å². The number of benzene rings is 1. The van der Waals surface area contributed by atoms with Crippen LogP contribution in [-0.4, -0.2) is 19.4 Å². The number of rotatable bonds is 4. The van der Waals surface area contributed by atoms with Gasteiger partial charge in [0, 0.05) is 24.6 Å². The Labute approximate surface area is 122 Å². The van der Waals surface area contributed by atoms with Crippen LogP contribution < -0.4 is 15.8 Å². The van der Waals surface area contributed by atoms with Crippen molar-refractivity contribution in [2.24, 2.45) is 5.14 Å². The Morgan fingerprint density at radius 1 is 1.10 bits per heavy atom. The molecule has 8 heteroatoms. The number of amides is 2. The molecule has 0 radical (unpaired) electrons. The molecule has 2 rings (SSSR count). The highest BCUT2D eigenvalue weighted by Crippen LogP contribution is 2.08. The standard InChI is InChI=1S/C13H14N4O3S/c14-21(19,20)12-3-1-10(2-4-12)9-16-13(18)17-11-5-7-15-8-6-11/h1-8H,9H2,(H2,14,19,20)(H2,15,16,17,18). The molecule has 0 aliphatic rings. The molecule has 0 aliphatic carbocycles. The maximum atomic E-state index is 11.7. The molecule has 4 N–H and O–H groups in total. The molecule has 2 amide bonds. The predicted octanol–water partition coefficient (Wildman–Crippen LogP) is 1.05. The van der Waals surface area contributed by atoms with Gasteiger partial charge in [0.05, 0.1) is 4.90 Å². The Balaban J connectivity index is 1.90. The molecule has 0 fully saturated rings. The molecule has 2 aromatic rings. The third-order valence-electron chi connectivity index (χ3n) is 2.64. The average Bonchev–Trinajstić information content (AvgIpc) is 2.46. The van der Waals surface area contributed by atoms with Gasteiger partial charge in [-0.15, -0.1) is 0 Å². The summed E-state index contributed by atoms with van der Waals surface area (Å²) < 4.78 is 22.2. The van der Waals surface area contributed by atoms with Gasteiger partial charge >= 0.3 is 6.03 Å². The van der Waals surface area contributed by atoms with E-state index in [0.29, 0.717) is 5.69 Å². The number of nitrogens with two attached hydrogens (primary N) is 1. The van der Waals surface area contributed by atoms with E-state index < -0.39 is 10.0 Å². The van der Waals surface area contributed by atoms with Crippen molar-refractivity contribution in [2.75, 3.05) is 5.32 Å². The number of aromatic nitrogens is 1. The highest BCUT2D eigenvalue weighted by atomic mass is 32.2. The number of carbonyl (C=O) groups is 1. The van der Waals surface area contributed by atoms with Crippen LogP contribution in [0.1, 0.15) is 5.56 Å². The van der Waals surface area contributed by atoms with Crippen molar-refractivity contribution >= 4 is 21.7 Å². The number of hydrogen-bond acceptors (Lipinski definition) is 4. The first kappa shape index (κ1) is 14.9. The third kappa shape index (κ3) is 4.55. The number of nitrogens with zero attached hydrogens (tertiary/aromatic N) is 1. The zero-order valence-corrected chi connectivity index (χ0v) is 11.8. The lowest BCUT2D eigenvalue weighted by Crippen LogP contribution is -2.28. The van der Waals surface area contributed by atoms with Crippen molar-refractivity contribution in [3.05, 3.63) is 54.4 Å². The first-order valence-electron chi connectivity index (χ1n) is 6.02. The van der Waals surface area contributed by atoms with E-state index in [1.54, 1.807) is 36.7 Å². The fourth-order valence-corrected chi connectivity index (χ4v) is 2.11. The largest absolute Gasteiger partial charge is 0.334 e. The number of nitrogens with one attached hydrogen (secondary N) is 2. The molecule has 7 nitrogen and oxygen atoms in total. The van der Waals surface area contributed by atoms with Gasteiger partial charge in [0.1, 0.15) is 0 Å². The summed E-state index contributed by atoms with van der Waals surface area (Å²) in [5, 5.41) is 10.3. The normalized spacial score (nSPS) is 10.9. The van der Waals surface area contributed by atoms with Crippen molar-refractivity contribution in [3.8, 4) is 0 Å². The highest BCUT2D eigenvalue weighted by Gasteiger charge is 2.07. The minimum atomic E-state index is -3.70. The fourth-order valence-electron chi connectivity index (χ4n) is 1.59. The van der Waals surface area contributed by atoms with E-state index >= 15 is 0 Å². The van der Waals surface area contributed by atoms with Crippen LogP contribution in [0.5, 0.6) is 0 Å². The maximum absolute atomic E-state index is 11.7. The fraction of sp³-hybridized carbons (Fsp3) is 0.0769. The SMILES string of the molecule is NS(=O)(=O)c1ccc(CNC(=O)Nc2ccncc2)cc1. The molecule has 0 spiro atoms. The van der Waals surface area contributed by atoms with Gasteiger partial charge in [-0.3, -0.25) is 4.98 Å². The van der Waals surface area contributed by atoms with Gasteiger partial charge in [0.25, 0.3) is 0 Å². The lowest BCUT2D eigenvalue weighted by Gasteiger charge is -2.07. The lowest BCUT2D eigenvalue weighted by molar-refractivity contribution is 0.251. The van der Waals surface area contributed by atoms with Gasteiger partial charge < -0.3 is 10.6 Å². The number of urea groups is 1. The van der Waals surface area contributed by atoms with Crippen molar-refractivity contribution in [2.45, 2.75) is 11.4 Å². The van der Waals surface area contributed by atoms with E-state index in [4.69, 9.17) is 5.14 Å². The zero-order valence-electron chi connectivity index (χ0n) is 11.0. The molecule has 0 unspecified atom stereocenters. The van der Waals surface area contributed by atoms with Gasteiger partial charge in [-0.25, -0.2) is 18.4 Å². The second-order valence-electron chi connectivity index (χ2n) is 4.23. The van der Waals surface area contributed by atoms with Crippen LogP contribution in [0, 0.1) is 0 Å². The quantitative estimate of drug-likeness (QED) is 0.783. The molecule has 0 saturated carbocycles. The molecular formula is C13H14N4O3S. The zero-order chi connectivity index (χ0) is 15.3. The van der Waals surface area contributed by atoms with E-state index in [-0.39, 0.29) is 17.5 Å². The van der Waals surface area contributed by atoms with Crippen LogP contribution in [0.15, 0.2) is 53.7 Å². The minimum absolute atomic E-state index is 0.0347. The molecule has 21 heavy (non-hydrogen) atoms. The van der Waals surface area contributed by atoms with Gasteiger partial charge in [-0.05, 0) is 29.8 Å². The Hall–Kier alpha value is -2.45. The van der Waals surface area contributed by atoms with Crippen LogP contribution in [0.2, 0.25) is 0 Å². The molecule has 0 aliphatic heterocycles. The topological polar surface area (TPSA) is 114 Å². The number of pyridine rings is 1. The molecule has 0 atom stereocenters. The summed E-state index contributed by atoms with van der Waals surface area (Å²) >= 11 is 0. The first-order chi connectivity index (χ1) is 9.95. The third-order valence-corrected chi connectivity index (χ3v) is 3.57.